The maximum atomic E-state index is 6.88. The van der Waals surface area contributed by atoms with E-state index in [2.05, 4.69) is 114 Å². The first-order valence-electron chi connectivity index (χ1n) is 19.0. The summed E-state index contributed by atoms with van der Waals surface area (Å²) >= 11 is 0. The summed E-state index contributed by atoms with van der Waals surface area (Å²) in [5.41, 5.74) is 11.6. The lowest BCUT2D eigenvalue weighted by molar-refractivity contribution is 0.664. The molecule has 0 aliphatic heterocycles. The van der Waals surface area contributed by atoms with E-state index in [0.29, 0.717) is 17.5 Å². The van der Waals surface area contributed by atoms with Crippen molar-refractivity contribution in [3.05, 3.63) is 182 Å². The molecule has 0 saturated carbocycles. The molecule has 0 unspecified atom stereocenters. The number of furan rings is 2. The summed E-state index contributed by atoms with van der Waals surface area (Å²) in [6.45, 7) is 0. The van der Waals surface area contributed by atoms with Crippen LogP contribution in [0.2, 0.25) is 0 Å². The van der Waals surface area contributed by atoms with Gasteiger partial charge in [0.15, 0.2) is 17.5 Å². The van der Waals surface area contributed by atoms with Gasteiger partial charge in [-0.25, -0.2) is 15.0 Å². The van der Waals surface area contributed by atoms with E-state index in [0.717, 1.165) is 82.9 Å². The van der Waals surface area contributed by atoms with Gasteiger partial charge in [0.2, 0.25) is 0 Å². The Balaban J connectivity index is 1.03. The third-order valence-electron chi connectivity index (χ3n) is 11.0. The summed E-state index contributed by atoms with van der Waals surface area (Å²) in [6, 6.07) is 62.6. The molecule has 12 rings (SSSR count). The second-order valence-electron chi connectivity index (χ2n) is 14.4. The standard InChI is InChI=1S/C51H30N4O2/c1-4-14-31(15-5-1)49-52-50(32-16-6-2-7-17-32)54-51(53-49)33-26-27-44-39(28-33)41-30-46-40(29-45(41)56-44)37-23-12-22-36(48(37)57-46)35-21-13-25-43-47(35)38-20-10-11-24-42(38)55(43)34-18-8-3-9-19-34/h1-30H. The van der Waals surface area contributed by atoms with Crippen molar-refractivity contribution in [3.8, 4) is 51.0 Å². The maximum Gasteiger partial charge on any atom is 0.164 e. The number of para-hydroxylation sites is 3. The van der Waals surface area contributed by atoms with Crippen LogP contribution in [-0.4, -0.2) is 19.5 Å². The molecule has 0 atom stereocenters. The zero-order valence-electron chi connectivity index (χ0n) is 30.4. The van der Waals surface area contributed by atoms with Crippen LogP contribution in [0, 0.1) is 0 Å². The summed E-state index contributed by atoms with van der Waals surface area (Å²) < 4.78 is 15.8. The first-order chi connectivity index (χ1) is 28.2. The van der Waals surface area contributed by atoms with Crippen molar-refractivity contribution in [2.24, 2.45) is 0 Å². The number of hydrogen-bond acceptors (Lipinski definition) is 5. The number of hydrogen-bond donors (Lipinski definition) is 0. The van der Waals surface area contributed by atoms with Crippen molar-refractivity contribution in [2.45, 2.75) is 0 Å². The Hall–Kier alpha value is -7.83. The van der Waals surface area contributed by atoms with Crippen LogP contribution in [0.4, 0.5) is 0 Å². The van der Waals surface area contributed by atoms with Crippen LogP contribution in [0.25, 0.3) is 117 Å². The Bertz CT molecular complexity index is 3450. The van der Waals surface area contributed by atoms with Crippen molar-refractivity contribution in [1.82, 2.24) is 19.5 Å². The molecule has 12 aromatic rings. The normalized spacial score (nSPS) is 11.9. The van der Waals surface area contributed by atoms with Crippen molar-refractivity contribution in [1.29, 1.82) is 0 Å². The number of benzene rings is 8. The topological polar surface area (TPSA) is 69.9 Å². The van der Waals surface area contributed by atoms with Crippen LogP contribution in [0.1, 0.15) is 0 Å². The van der Waals surface area contributed by atoms with Gasteiger partial charge in [-0.3, -0.25) is 0 Å². The Morgan fingerprint density at radius 2 is 0.895 bits per heavy atom. The highest BCUT2D eigenvalue weighted by atomic mass is 16.3. The molecule has 266 valence electrons. The van der Waals surface area contributed by atoms with Gasteiger partial charge in [0.05, 0.1) is 11.0 Å². The fourth-order valence-electron chi connectivity index (χ4n) is 8.45. The fraction of sp³-hybridized carbons (Fsp3) is 0. The molecular formula is C51H30N4O2. The van der Waals surface area contributed by atoms with Gasteiger partial charge >= 0.3 is 0 Å². The number of nitrogens with zero attached hydrogens (tertiary/aromatic N) is 4. The van der Waals surface area contributed by atoms with Crippen molar-refractivity contribution < 1.29 is 8.83 Å². The predicted octanol–water partition coefficient (Wildman–Crippen LogP) is 13.4. The van der Waals surface area contributed by atoms with Gasteiger partial charge in [0.25, 0.3) is 0 Å². The lowest BCUT2D eigenvalue weighted by Crippen LogP contribution is -2.00. The van der Waals surface area contributed by atoms with Crippen molar-refractivity contribution in [2.75, 3.05) is 0 Å². The molecule has 8 aromatic carbocycles. The van der Waals surface area contributed by atoms with E-state index in [1.165, 1.54) is 16.3 Å². The number of rotatable bonds is 5. The monoisotopic (exact) mass is 730 g/mol. The van der Waals surface area contributed by atoms with E-state index in [1.54, 1.807) is 0 Å². The van der Waals surface area contributed by atoms with Crippen LogP contribution < -0.4 is 0 Å². The third-order valence-corrected chi connectivity index (χ3v) is 11.0. The van der Waals surface area contributed by atoms with Gasteiger partial charge in [-0.2, -0.15) is 0 Å². The van der Waals surface area contributed by atoms with E-state index in [-0.39, 0.29) is 0 Å². The quantitative estimate of drug-likeness (QED) is 0.176. The average molecular weight is 731 g/mol. The van der Waals surface area contributed by atoms with Gasteiger partial charge in [-0.1, -0.05) is 127 Å². The molecule has 0 N–H and O–H groups in total. The van der Waals surface area contributed by atoms with Crippen molar-refractivity contribution >= 4 is 65.7 Å². The minimum atomic E-state index is 0.594. The minimum absolute atomic E-state index is 0.594. The van der Waals surface area contributed by atoms with E-state index < -0.39 is 0 Å². The van der Waals surface area contributed by atoms with Gasteiger partial charge < -0.3 is 13.4 Å². The molecule has 0 spiro atoms. The molecule has 4 aromatic heterocycles. The van der Waals surface area contributed by atoms with Crippen LogP contribution in [0.3, 0.4) is 0 Å². The highest BCUT2D eigenvalue weighted by Crippen LogP contribution is 2.44. The molecule has 6 nitrogen and oxygen atoms in total. The highest BCUT2D eigenvalue weighted by Gasteiger charge is 2.21. The molecule has 0 aliphatic rings. The SMILES string of the molecule is c1ccc(-c2nc(-c3ccccc3)nc(-c3ccc4oc5cc6c(cc5c4c3)oc3c(-c4cccc5c4c4ccccc4n5-c4ccccc4)cccc36)n2)cc1. The Morgan fingerprint density at radius 3 is 1.63 bits per heavy atom. The van der Waals surface area contributed by atoms with E-state index in [4.69, 9.17) is 23.8 Å². The average Bonchev–Trinajstić information content (AvgIpc) is 3.95. The Kier molecular flexibility index (Phi) is 6.83. The molecule has 0 amide bonds. The largest absolute Gasteiger partial charge is 0.456 e. The summed E-state index contributed by atoms with van der Waals surface area (Å²) in [4.78, 5) is 14.8. The molecule has 0 saturated heterocycles. The number of fused-ring (bicyclic) bond motifs is 9. The zero-order chi connectivity index (χ0) is 37.5. The molecule has 0 radical (unpaired) electrons. The van der Waals surface area contributed by atoms with Gasteiger partial charge in [0, 0.05) is 60.3 Å². The second kappa shape index (κ2) is 12.3. The van der Waals surface area contributed by atoms with Gasteiger partial charge in [-0.15, -0.1) is 0 Å². The molecule has 4 heterocycles. The molecule has 0 aliphatic carbocycles. The Labute approximate surface area is 325 Å². The summed E-state index contributed by atoms with van der Waals surface area (Å²) in [6.07, 6.45) is 0. The molecular weight excluding hydrogens is 701 g/mol. The minimum Gasteiger partial charge on any atom is -0.456 e. The van der Waals surface area contributed by atoms with Crippen LogP contribution >= 0.6 is 0 Å². The summed E-state index contributed by atoms with van der Waals surface area (Å²) in [5, 5.41) is 6.38. The van der Waals surface area contributed by atoms with E-state index in [1.807, 2.05) is 72.8 Å². The second-order valence-corrected chi connectivity index (χ2v) is 14.4. The summed E-state index contributed by atoms with van der Waals surface area (Å²) in [7, 11) is 0. The smallest absolute Gasteiger partial charge is 0.164 e. The first kappa shape index (κ1) is 31.5. The van der Waals surface area contributed by atoms with Crippen LogP contribution in [0.15, 0.2) is 191 Å². The summed E-state index contributed by atoms with van der Waals surface area (Å²) in [5.74, 6) is 1.84. The zero-order valence-corrected chi connectivity index (χ0v) is 30.4. The molecule has 6 heteroatoms. The Morgan fingerprint density at radius 1 is 0.351 bits per heavy atom. The molecule has 0 fully saturated rings. The lowest BCUT2D eigenvalue weighted by Gasteiger charge is -2.09. The van der Waals surface area contributed by atoms with Gasteiger partial charge in [0.1, 0.15) is 22.3 Å². The van der Waals surface area contributed by atoms with E-state index >= 15 is 0 Å². The highest BCUT2D eigenvalue weighted by molar-refractivity contribution is 6.21. The van der Waals surface area contributed by atoms with E-state index in [9.17, 15) is 0 Å². The number of aromatic nitrogens is 4. The van der Waals surface area contributed by atoms with Crippen LogP contribution in [0.5, 0.6) is 0 Å². The molecule has 57 heavy (non-hydrogen) atoms. The van der Waals surface area contributed by atoms with Gasteiger partial charge in [-0.05, 0) is 60.2 Å². The van der Waals surface area contributed by atoms with Crippen LogP contribution in [-0.2, 0) is 0 Å². The molecule has 0 bridgehead atoms. The fourth-order valence-corrected chi connectivity index (χ4v) is 8.45. The lowest BCUT2D eigenvalue weighted by atomic mass is 9.97. The first-order valence-corrected chi connectivity index (χ1v) is 19.0. The van der Waals surface area contributed by atoms with Crippen molar-refractivity contribution in [3.63, 3.8) is 0 Å². The predicted molar refractivity (Wildman–Crippen MR) is 230 cm³/mol. The maximum absolute atomic E-state index is 6.88. The third kappa shape index (κ3) is 4.94.